The summed E-state index contributed by atoms with van der Waals surface area (Å²) in [5.74, 6) is 2.70. The summed E-state index contributed by atoms with van der Waals surface area (Å²) in [7, 11) is -7.33. The highest BCUT2D eigenvalue weighted by molar-refractivity contribution is 7.91. The van der Waals surface area contributed by atoms with E-state index in [-0.39, 0.29) is 71.4 Å². The van der Waals surface area contributed by atoms with Gasteiger partial charge in [-0.2, -0.15) is 0 Å². The van der Waals surface area contributed by atoms with Crippen LogP contribution in [0.25, 0.3) is 0 Å². The number of nitrogens with zero attached hydrogens (tertiary/aromatic N) is 2. The van der Waals surface area contributed by atoms with E-state index in [1.54, 1.807) is 60.7 Å². The van der Waals surface area contributed by atoms with E-state index in [2.05, 4.69) is 25.2 Å². The number of Topliss-reactive ketones (excluding diaryl/α,β-unsaturated/α-hetero) is 1. The van der Waals surface area contributed by atoms with Gasteiger partial charge in [0, 0.05) is 102 Å². The number of sulfone groups is 1. The predicted molar refractivity (Wildman–Crippen MR) is 342 cm³/mol. The van der Waals surface area contributed by atoms with Crippen molar-refractivity contribution in [2.45, 2.75) is 155 Å². The third kappa shape index (κ3) is 18.1. The van der Waals surface area contributed by atoms with E-state index in [4.69, 9.17) is 74.8 Å². The van der Waals surface area contributed by atoms with Crippen LogP contribution in [0.2, 0.25) is 20.1 Å². The van der Waals surface area contributed by atoms with Crippen LogP contribution in [0.1, 0.15) is 131 Å². The number of carbonyl (C=O) groups is 2. The minimum absolute atomic E-state index is 0.0587. The van der Waals surface area contributed by atoms with E-state index in [9.17, 15) is 26.4 Å². The summed E-state index contributed by atoms with van der Waals surface area (Å²) in [6.07, 6.45) is 15.1. The number of urea groups is 1. The van der Waals surface area contributed by atoms with Crippen molar-refractivity contribution < 1.29 is 54.8 Å². The third-order valence-corrected chi connectivity index (χ3v) is 22.8. The molecule has 4 aromatic rings. The Morgan fingerprint density at radius 1 is 0.500 bits per heavy atom. The highest BCUT2D eigenvalue weighted by atomic mass is 35.5. The van der Waals surface area contributed by atoms with Crippen molar-refractivity contribution in [3.63, 3.8) is 0 Å². The van der Waals surface area contributed by atoms with Crippen LogP contribution in [0, 0.1) is 11.8 Å². The molecule has 6 fully saturated rings. The number of benzene rings is 4. The van der Waals surface area contributed by atoms with E-state index in [1.165, 1.54) is 51.4 Å². The molecule has 0 radical (unpaired) electrons. The first-order valence-corrected chi connectivity index (χ1v) is 36.3. The summed E-state index contributed by atoms with van der Waals surface area (Å²) in [6.45, 7) is 5.39. The maximum atomic E-state index is 13.2. The van der Waals surface area contributed by atoms with E-state index in [0.29, 0.717) is 134 Å². The Morgan fingerprint density at radius 3 is 1.48 bits per heavy atom. The first-order valence-electron chi connectivity index (χ1n) is 31.7. The molecule has 3 N–H and O–H groups in total. The summed E-state index contributed by atoms with van der Waals surface area (Å²) in [6, 6.07) is 21.7. The number of hydrogen-bond donors (Lipinski definition) is 3. The van der Waals surface area contributed by atoms with Crippen LogP contribution < -0.4 is 24.8 Å². The summed E-state index contributed by atoms with van der Waals surface area (Å²) < 4.78 is 91.0. The van der Waals surface area contributed by atoms with Crippen LogP contribution in [0.4, 0.5) is 4.79 Å². The molecule has 8 aliphatic rings. The first-order chi connectivity index (χ1) is 42.6. The average molecular weight is 1330 g/mol. The van der Waals surface area contributed by atoms with Crippen molar-refractivity contribution in [2.75, 3.05) is 91.3 Å². The molecule has 0 aromatic heterocycles. The lowest BCUT2D eigenvalue weighted by Crippen LogP contribution is -2.54. The zero-order valence-electron chi connectivity index (χ0n) is 50.1. The molecule has 4 heterocycles. The van der Waals surface area contributed by atoms with Gasteiger partial charge < -0.3 is 39.1 Å². The van der Waals surface area contributed by atoms with Gasteiger partial charge in [0.2, 0.25) is 10.0 Å². The van der Waals surface area contributed by atoms with Crippen LogP contribution in [0.3, 0.4) is 0 Å². The highest BCUT2D eigenvalue weighted by Crippen LogP contribution is 2.49. The van der Waals surface area contributed by atoms with Crippen LogP contribution in [0.15, 0.2) is 82.6 Å². The smallest absolute Gasteiger partial charge is 0.314 e. The fourth-order valence-corrected chi connectivity index (χ4v) is 17.4. The average Bonchev–Trinajstić information content (AvgIpc) is 1.64. The number of ether oxygens (including phenoxy) is 6. The number of ketones is 1. The molecule has 12 rings (SSSR count). The molecule has 4 saturated heterocycles. The number of halogens is 4. The van der Waals surface area contributed by atoms with Gasteiger partial charge in [0.15, 0.2) is 9.84 Å². The molecular weight excluding hydrogens is 1250 g/mol. The minimum atomic E-state index is -3.78. The quantitative estimate of drug-likeness (QED) is 0.0367. The molecular formula is C65H85Cl4N5O12S2. The van der Waals surface area contributed by atoms with Gasteiger partial charge in [-0.15, -0.1) is 0 Å². The molecule has 4 bridgehead atoms. The number of sulfonamides is 1. The fraction of sp³-hybridized carbons (Fsp3) is 0.600. The molecule has 2 amide bonds. The maximum absolute atomic E-state index is 13.2. The van der Waals surface area contributed by atoms with Gasteiger partial charge in [-0.25, -0.2) is 26.4 Å². The van der Waals surface area contributed by atoms with Crippen LogP contribution >= 0.6 is 46.4 Å². The second-order valence-corrected chi connectivity index (χ2v) is 29.9. The van der Waals surface area contributed by atoms with Gasteiger partial charge >= 0.3 is 6.03 Å². The Balaban J connectivity index is 0.498. The van der Waals surface area contributed by atoms with Crippen LogP contribution in [-0.4, -0.2) is 154 Å². The lowest BCUT2D eigenvalue weighted by Gasteiger charge is -2.49. The summed E-state index contributed by atoms with van der Waals surface area (Å²) in [5.41, 5.74) is 4.13. The highest BCUT2D eigenvalue weighted by Gasteiger charge is 2.47. The second-order valence-electron chi connectivity index (χ2n) is 24.4. The molecule has 4 aliphatic carbocycles. The fourth-order valence-electron chi connectivity index (χ4n) is 13.9. The molecule has 2 saturated carbocycles. The molecule has 0 spiro atoms. The lowest BCUT2D eigenvalue weighted by molar-refractivity contribution is -0.119. The molecule has 0 unspecified atom stereocenters. The Labute approximate surface area is 539 Å². The molecule has 4 aromatic carbocycles. The van der Waals surface area contributed by atoms with Gasteiger partial charge in [0.05, 0.1) is 67.3 Å². The molecule has 23 heteroatoms. The predicted octanol–water partition coefficient (Wildman–Crippen LogP) is 11.6. The number of carbonyl (C=O) groups excluding carboxylic acids is 2. The first kappa shape index (κ1) is 67.1. The number of hydrogen-bond acceptors (Lipinski definition) is 14. The van der Waals surface area contributed by atoms with E-state index >= 15 is 0 Å². The van der Waals surface area contributed by atoms with Gasteiger partial charge in [-0.05, 0) is 186 Å². The van der Waals surface area contributed by atoms with Crippen molar-refractivity contribution in [3.8, 4) is 11.5 Å². The van der Waals surface area contributed by atoms with Gasteiger partial charge in [0.1, 0.15) is 29.5 Å². The Bertz CT molecular complexity index is 2980. The summed E-state index contributed by atoms with van der Waals surface area (Å²) in [5, 5.41) is 8.03. The summed E-state index contributed by atoms with van der Waals surface area (Å²) in [4.78, 5) is 30.2. The Hall–Kier alpha value is -3.80. The number of amides is 2. The normalized spacial score (nSPS) is 23.3. The monoisotopic (exact) mass is 1330 g/mol. The number of unbranched alkanes of at least 4 members (excludes halogenated alkanes) is 2. The SMILES string of the molecule is O=C(CCCCCNC(=O)NCCOCCOCCCS(=O)(=O)c1ccc(O[C@H]2c3cc(Cl)cc(Cl)c3C[C@@H]2N2CC3CCC2CC3)cc1)CCCOCCOCCNS(=O)(=O)c1ccc(O[C@H]2c3cc(Cl)cc(Cl)c3C[C@@H]2N2CC3CCC2CC3)cc1. The van der Waals surface area contributed by atoms with Crippen molar-refractivity contribution in [1.82, 2.24) is 25.2 Å². The zero-order chi connectivity index (χ0) is 61.6. The van der Waals surface area contributed by atoms with Crippen LogP contribution in [-0.2, 0) is 56.4 Å². The Kier molecular flexibility index (Phi) is 24.5. The lowest BCUT2D eigenvalue weighted by atomic mass is 9.79. The second kappa shape index (κ2) is 32.2. The van der Waals surface area contributed by atoms with E-state index in [1.807, 2.05) is 12.1 Å². The van der Waals surface area contributed by atoms with Crippen molar-refractivity contribution in [1.29, 1.82) is 0 Å². The summed E-state index contributed by atoms with van der Waals surface area (Å²) >= 11 is 26.4. The number of rotatable bonds is 35. The van der Waals surface area contributed by atoms with Gasteiger partial charge in [0.25, 0.3) is 0 Å². The van der Waals surface area contributed by atoms with Gasteiger partial charge in [-0.1, -0.05) is 52.8 Å². The standard InChI is InChI=1S/C65H85Cl4N5O12S2/c66-46-36-57-55(59(68)38-46)40-61(73-42-44-8-12-48(73)13-9-44)63(57)85-51-16-20-53(21-17-51)87(77,78)35-5-28-82-32-33-83-29-25-71-65(76)70-24-3-1-2-6-50(75)7-4-27-81-31-34-84-30-26-72-88(79,80)54-22-18-52(19-23-54)86-64-58-37-47(67)39-60(69)56(58)41-62(64)74-43-45-10-14-49(74)15-11-45/h16-23,36-39,44-45,48-49,61-64,72H,1-15,24-35,40-43H2,(H2,70,71,76)/t44?,45?,48?,49?,61-,62-,63-,64-/m0/s1. The van der Waals surface area contributed by atoms with Crippen molar-refractivity contribution in [3.05, 3.63) is 115 Å². The van der Waals surface area contributed by atoms with E-state index in [0.717, 1.165) is 67.4 Å². The molecule has 88 heavy (non-hydrogen) atoms. The topological polar surface area (TPSA) is 200 Å². The number of nitrogens with one attached hydrogen (secondary N) is 3. The number of fused-ring (bicyclic) bond motifs is 8. The Morgan fingerprint density at radius 2 is 0.966 bits per heavy atom. The molecule has 482 valence electrons. The van der Waals surface area contributed by atoms with Crippen LogP contribution in [0.5, 0.6) is 11.5 Å². The van der Waals surface area contributed by atoms with Gasteiger partial charge in [-0.3, -0.25) is 14.6 Å². The zero-order valence-corrected chi connectivity index (χ0v) is 54.7. The van der Waals surface area contributed by atoms with E-state index < -0.39 is 19.9 Å². The van der Waals surface area contributed by atoms with Crippen molar-refractivity contribution >= 4 is 78.1 Å². The third-order valence-electron chi connectivity index (χ3n) is 18.4. The minimum Gasteiger partial charge on any atom is -0.484 e. The molecule has 4 atom stereocenters. The maximum Gasteiger partial charge on any atom is 0.314 e. The molecule has 17 nitrogen and oxygen atoms in total. The number of piperidine rings is 4. The molecule has 4 aliphatic heterocycles. The van der Waals surface area contributed by atoms with Crippen molar-refractivity contribution in [2.24, 2.45) is 11.8 Å². The largest absolute Gasteiger partial charge is 0.484 e.